The summed E-state index contributed by atoms with van der Waals surface area (Å²) in [5.41, 5.74) is 0. The van der Waals surface area contributed by atoms with Crippen LogP contribution < -0.4 is 0 Å². The molecule has 0 aromatic carbocycles. The van der Waals surface area contributed by atoms with Gasteiger partial charge in [-0.15, -0.1) is 0 Å². The Morgan fingerprint density at radius 3 is 0.709 bits per heavy atom. The zero-order valence-electron chi connectivity index (χ0n) is 52.6. The van der Waals surface area contributed by atoms with Crippen molar-refractivity contribution in [1.82, 2.24) is 0 Å². The van der Waals surface area contributed by atoms with Crippen LogP contribution in [0.15, 0.2) is 72.9 Å². The van der Waals surface area contributed by atoms with E-state index in [4.69, 9.17) is 14.2 Å². The van der Waals surface area contributed by atoms with E-state index in [0.29, 0.717) is 19.3 Å². The third kappa shape index (κ3) is 65.5. The van der Waals surface area contributed by atoms with E-state index in [1.165, 1.54) is 212 Å². The third-order valence-corrected chi connectivity index (χ3v) is 15.2. The highest BCUT2D eigenvalue weighted by molar-refractivity contribution is 5.71. The first-order valence-electron chi connectivity index (χ1n) is 34.4. The average Bonchev–Trinajstić information content (AvgIpc) is 3.45. The van der Waals surface area contributed by atoms with Gasteiger partial charge < -0.3 is 14.2 Å². The van der Waals surface area contributed by atoms with Crippen LogP contribution in [0.25, 0.3) is 0 Å². The van der Waals surface area contributed by atoms with Crippen LogP contribution in [-0.2, 0) is 28.6 Å². The Morgan fingerprint density at radius 1 is 0.253 bits per heavy atom. The third-order valence-electron chi connectivity index (χ3n) is 15.2. The minimum absolute atomic E-state index is 0.0801. The first-order valence-corrected chi connectivity index (χ1v) is 34.4. The molecule has 0 heterocycles. The summed E-state index contributed by atoms with van der Waals surface area (Å²) < 4.78 is 17.0. The number of hydrogen-bond donors (Lipinski definition) is 0. The van der Waals surface area contributed by atoms with Crippen molar-refractivity contribution in [3.63, 3.8) is 0 Å². The van der Waals surface area contributed by atoms with E-state index in [-0.39, 0.29) is 31.1 Å². The lowest BCUT2D eigenvalue weighted by Crippen LogP contribution is -2.30. The molecule has 0 aliphatic rings. The van der Waals surface area contributed by atoms with Gasteiger partial charge in [-0.05, 0) is 96.3 Å². The Kier molecular flexibility index (Phi) is 64.7. The number of rotatable bonds is 63. The Bertz CT molecular complexity index is 1450. The van der Waals surface area contributed by atoms with E-state index in [9.17, 15) is 14.4 Å². The molecule has 0 bridgehead atoms. The van der Waals surface area contributed by atoms with E-state index >= 15 is 0 Å². The van der Waals surface area contributed by atoms with Crippen molar-refractivity contribution >= 4 is 17.9 Å². The highest BCUT2D eigenvalue weighted by atomic mass is 16.6. The molecule has 0 saturated heterocycles. The summed E-state index contributed by atoms with van der Waals surface area (Å²) in [7, 11) is 0. The molecule has 0 amide bonds. The quantitative estimate of drug-likeness (QED) is 0.0261. The van der Waals surface area contributed by atoms with Crippen LogP contribution in [0.5, 0.6) is 0 Å². The highest BCUT2D eigenvalue weighted by Crippen LogP contribution is 2.17. The van der Waals surface area contributed by atoms with Crippen LogP contribution in [0.2, 0.25) is 0 Å². The van der Waals surface area contributed by atoms with Crippen molar-refractivity contribution in [3.05, 3.63) is 72.9 Å². The van der Waals surface area contributed by atoms with Crippen molar-refractivity contribution in [2.75, 3.05) is 13.2 Å². The second-order valence-corrected chi connectivity index (χ2v) is 23.1. The molecule has 1 atom stereocenters. The van der Waals surface area contributed by atoms with Gasteiger partial charge in [0, 0.05) is 19.3 Å². The summed E-state index contributed by atoms with van der Waals surface area (Å²) in [5, 5.41) is 0. The zero-order valence-corrected chi connectivity index (χ0v) is 52.6. The maximum absolute atomic E-state index is 12.9. The monoisotopic (exact) mass is 1100 g/mol. The molecule has 0 radical (unpaired) electrons. The van der Waals surface area contributed by atoms with Crippen molar-refractivity contribution < 1.29 is 28.6 Å². The van der Waals surface area contributed by atoms with Gasteiger partial charge in [0.25, 0.3) is 0 Å². The van der Waals surface area contributed by atoms with Crippen LogP contribution in [0.1, 0.15) is 355 Å². The van der Waals surface area contributed by atoms with E-state index < -0.39 is 6.10 Å². The van der Waals surface area contributed by atoms with Gasteiger partial charge in [0.1, 0.15) is 13.2 Å². The van der Waals surface area contributed by atoms with E-state index in [0.717, 1.165) is 103 Å². The maximum atomic E-state index is 12.9. The number of allylic oxidation sites excluding steroid dienone is 12. The predicted octanol–water partition coefficient (Wildman–Crippen LogP) is 23.7. The van der Waals surface area contributed by atoms with Crippen LogP contribution in [0.3, 0.4) is 0 Å². The van der Waals surface area contributed by atoms with E-state index in [2.05, 4.69) is 93.7 Å². The molecule has 0 spiro atoms. The number of carbonyl (C=O) groups is 3. The minimum atomic E-state index is -0.786. The van der Waals surface area contributed by atoms with Crippen LogP contribution >= 0.6 is 0 Å². The van der Waals surface area contributed by atoms with Gasteiger partial charge in [0.2, 0.25) is 0 Å². The molecule has 0 aliphatic heterocycles. The van der Waals surface area contributed by atoms with Gasteiger partial charge in [0.05, 0.1) is 0 Å². The van der Waals surface area contributed by atoms with Crippen LogP contribution in [-0.4, -0.2) is 37.2 Å². The van der Waals surface area contributed by atoms with Gasteiger partial charge in [-0.1, -0.05) is 312 Å². The predicted molar refractivity (Wildman–Crippen MR) is 344 cm³/mol. The fourth-order valence-electron chi connectivity index (χ4n) is 9.99. The summed E-state index contributed by atoms with van der Waals surface area (Å²) in [4.78, 5) is 38.4. The van der Waals surface area contributed by atoms with Gasteiger partial charge in [-0.2, -0.15) is 0 Å². The molecule has 6 nitrogen and oxygen atoms in total. The molecule has 0 saturated carbocycles. The Labute approximate surface area is 491 Å². The minimum Gasteiger partial charge on any atom is -0.462 e. The first-order chi connectivity index (χ1) is 39.0. The van der Waals surface area contributed by atoms with Crippen LogP contribution in [0.4, 0.5) is 0 Å². The summed E-state index contributed by atoms with van der Waals surface area (Å²) in [6.45, 7) is 6.65. The molecule has 0 fully saturated rings. The second kappa shape index (κ2) is 67.4. The maximum Gasteiger partial charge on any atom is 0.306 e. The lowest BCUT2D eigenvalue weighted by atomic mass is 10.0. The van der Waals surface area contributed by atoms with Crippen molar-refractivity contribution in [1.29, 1.82) is 0 Å². The summed E-state index contributed by atoms with van der Waals surface area (Å²) in [6, 6.07) is 0. The molecule has 458 valence electrons. The summed E-state index contributed by atoms with van der Waals surface area (Å²) in [5.74, 6) is -0.880. The number of hydrogen-bond acceptors (Lipinski definition) is 6. The van der Waals surface area contributed by atoms with Crippen molar-refractivity contribution in [2.45, 2.75) is 361 Å². The smallest absolute Gasteiger partial charge is 0.306 e. The summed E-state index contributed by atoms with van der Waals surface area (Å²) >= 11 is 0. The lowest BCUT2D eigenvalue weighted by Gasteiger charge is -2.18. The molecular formula is C73H130O6. The fraction of sp³-hybridized carbons (Fsp3) is 0.795. The highest BCUT2D eigenvalue weighted by Gasteiger charge is 2.19. The molecule has 6 heteroatoms. The molecule has 79 heavy (non-hydrogen) atoms. The Hall–Kier alpha value is -3.15. The molecule has 0 N–H and O–H groups in total. The number of esters is 3. The average molecular weight is 1100 g/mol. The standard InChI is InChI=1S/C73H130O6/c1-4-7-10-13-16-19-22-25-28-31-33-35-36-38-39-42-45-48-51-54-57-60-63-66-72(75)78-69-70(68-77-71(74)65-62-59-56-53-50-47-44-41-30-27-24-21-18-15-12-9-6-3)79-73(76)67-64-61-58-55-52-49-46-43-40-37-34-32-29-26-23-20-17-14-11-8-5-2/h22-23,25-26,31-34,36,38,40,43,70H,4-21,24,27-30,35,37,39,41-42,44-69H2,1-3H3/b25-22-,26-23-,33-31-,34-32-,38-36-,43-40-. The van der Waals surface area contributed by atoms with Gasteiger partial charge >= 0.3 is 17.9 Å². The second-order valence-electron chi connectivity index (χ2n) is 23.1. The molecular weight excluding hydrogens is 973 g/mol. The fourth-order valence-corrected chi connectivity index (χ4v) is 9.99. The largest absolute Gasteiger partial charge is 0.462 e. The molecule has 1 unspecified atom stereocenters. The number of carbonyl (C=O) groups excluding carboxylic acids is 3. The normalized spacial score (nSPS) is 12.5. The Morgan fingerprint density at radius 2 is 0.456 bits per heavy atom. The molecule has 0 rings (SSSR count). The van der Waals surface area contributed by atoms with Crippen molar-refractivity contribution in [2.24, 2.45) is 0 Å². The van der Waals surface area contributed by atoms with Gasteiger partial charge in [0.15, 0.2) is 6.10 Å². The molecule has 0 aromatic rings. The van der Waals surface area contributed by atoms with Crippen LogP contribution in [0, 0.1) is 0 Å². The molecule has 0 aliphatic carbocycles. The van der Waals surface area contributed by atoms with E-state index in [1.54, 1.807) is 0 Å². The Balaban J connectivity index is 4.39. The topological polar surface area (TPSA) is 78.9 Å². The SMILES string of the molecule is CCCCCCC/C=C\C/C=C\C/C=C\CCCCCCCCCCC(=O)OCC(COC(=O)CCCCCCCCCCCCCCCCCCC)OC(=O)CCCCCCCC/C=C\C/C=C\C/C=C\CCCCCCC. The van der Waals surface area contributed by atoms with Gasteiger partial charge in [-0.3, -0.25) is 14.4 Å². The van der Waals surface area contributed by atoms with E-state index in [1.807, 2.05) is 0 Å². The van der Waals surface area contributed by atoms with Crippen molar-refractivity contribution in [3.8, 4) is 0 Å². The van der Waals surface area contributed by atoms with Gasteiger partial charge in [-0.25, -0.2) is 0 Å². The zero-order chi connectivity index (χ0) is 57.1. The number of ether oxygens (including phenoxy) is 3. The summed E-state index contributed by atoms with van der Waals surface area (Å²) in [6.07, 6.45) is 87.6. The number of unbranched alkanes of at least 4 members (excludes halogenated alkanes) is 40. The molecule has 0 aromatic heterocycles. The first kappa shape index (κ1) is 75.8. The lowest BCUT2D eigenvalue weighted by molar-refractivity contribution is -0.167.